The first kappa shape index (κ1) is 15.6. The van der Waals surface area contributed by atoms with E-state index in [1.54, 1.807) is 19.5 Å². The molecule has 132 valence electrons. The highest BCUT2D eigenvalue weighted by Crippen LogP contribution is 2.32. The molecule has 27 heavy (non-hydrogen) atoms. The number of ether oxygens (including phenoxy) is 1. The Morgan fingerprint density at radius 1 is 1.00 bits per heavy atom. The summed E-state index contributed by atoms with van der Waals surface area (Å²) in [5.41, 5.74) is 5.36. The number of benzene rings is 1. The summed E-state index contributed by atoms with van der Waals surface area (Å²) in [7, 11) is 1.69. The first-order chi connectivity index (χ1) is 13.3. The third-order valence-corrected chi connectivity index (χ3v) is 4.84. The van der Waals surface area contributed by atoms with E-state index in [4.69, 9.17) is 4.74 Å². The fourth-order valence-electron chi connectivity index (χ4n) is 3.54. The molecule has 0 spiro atoms. The third kappa shape index (κ3) is 2.73. The van der Waals surface area contributed by atoms with Crippen LogP contribution < -0.4 is 4.74 Å². The summed E-state index contributed by atoms with van der Waals surface area (Å²) in [6.07, 6.45) is 5.51. The van der Waals surface area contributed by atoms with Crippen molar-refractivity contribution in [2.75, 3.05) is 7.11 Å². The van der Waals surface area contributed by atoms with Crippen molar-refractivity contribution in [3.05, 3.63) is 78.8 Å². The van der Waals surface area contributed by atoms with E-state index in [0.29, 0.717) is 0 Å². The van der Waals surface area contributed by atoms with Crippen LogP contribution in [0.1, 0.15) is 5.56 Å². The topological polar surface area (TPSA) is 55.7 Å². The molecule has 4 aromatic heterocycles. The van der Waals surface area contributed by atoms with Gasteiger partial charge in [0.2, 0.25) is 0 Å². The summed E-state index contributed by atoms with van der Waals surface area (Å²) in [4.78, 5) is 12.1. The lowest BCUT2D eigenvalue weighted by molar-refractivity contribution is 0.415. The highest BCUT2D eigenvalue weighted by Gasteiger charge is 2.14. The molecule has 5 aromatic rings. The molecule has 5 heteroatoms. The molecule has 1 aromatic carbocycles. The predicted octanol–water partition coefficient (Wildman–Crippen LogP) is 4.64. The van der Waals surface area contributed by atoms with Gasteiger partial charge >= 0.3 is 0 Å². The van der Waals surface area contributed by atoms with Crippen LogP contribution >= 0.6 is 0 Å². The molecule has 0 amide bonds. The SMILES string of the molecule is COc1ccc2c(c1)cc(-c1cc3cccnc3[nH]1)n2Cc1cccnc1. The molecule has 0 aliphatic carbocycles. The second-order valence-electron chi connectivity index (χ2n) is 6.53. The minimum atomic E-state index is 0.738. The van der Waals surface area contributed by atoms with Crippen LogP contribution in [0.2, 0.25) is 0 Å². The molecule has 0 aliphatic heterocycles. The fourth-order valence-corrected chi connectivity index (χ4v) is 3.54. The molecular formula is C22H18N4O. The van der Waals surface area contributed by atoms with Crippen molar-refractivity contribution < 1.29 is 4.74 Å². The Balaban J connectivity index is 1.72. The number of nitrogens with one attached hydrogen (secondary N) is 1. The maximum atomic E-state index is 5.41. The molecule has 0 radical (unpaired) electrons. The summed E-state index contributed by atoms with van der Waals surface area (Å²) in [5, 5.41) is 2.24. The summed E-state index contributed by atoms with van der Waals surface area (Å²) >= 11 is 0. The van der Waals surface area contributed by atoms with Gasteiger partial charge in [-0.2, -0.15) is 0 Å². The predicted molar refractivity (Wildman–Crippen MR) is 107 cm³/mol. The van der Waals surface area contributed by atoms with Gasteiger partial charge in [0.15, 0.2) is 0 Å². The Bertz CT molecular complexity index is 1200. The largest absolute Gasteiger partial charge is 0.497 e. The first-order valence-electron chi connectivity index (χ1n) is 8.82. The normalized spacial score (nSPS) is 11.3. The van der Waals surface area contributed by atoms with Crippen LogP contribution in [0.4, 0.5) is 0 Å². The standard InChI is InChI=1S/C22H18N4O/c1-27-18-6-7-20-17(10-18)12-21(26(20)14-15-4-2-8-23-13-15)19-11-16-5-3-9-24-22(16)25-19/h2-13H,14H2,1H3,(H,24,25). The van der Waals surface area contributed by atoms with Gasteiger partial charge in [0.1, 0.15) is 11.4 Å². The van der Waals surface area contributed by atoms with Crippen LogP contribution in [0.15, 0.2) is 73.2 Å². The van der Waals surface area contributed by atoms with E-state index in [2.05, 4.69) is 55.9 Å². The monoisotopic (exact) mass is 354 g/mol. The van der Waals surface area contributed by atoms with Gasteiger partial charge < -0.3 is 14.3 Å². The quantitative estimate of drug-likeness (QED) is 0.512. The number of hydrogen-bond donors (Lipinski definition) is 1. The van der Waals surface area contributed by atoms with Crippen LogP contribution in [-0.4, -0.2) is 26.6 Å². The zero-order valence-electron chi connectivity index (χ0n) is 14.9. The Hall–Kier alpha value is -3.60. The molecular weight excluding hydrogens is 336 g/mol. The first-order valence-corrected chi connectivity index (χ1v) is 8.82. The average molecular weight is 354 g/mol. The van der Waals surface area contributed by atoms with Crippen LogP contribution in [0.5, 0.6) is 5.75 Å². The lowest BCUT2D eigenvalue weighted by atomic mass is 10.2. The molecule has 5 rings (SSSR count). The van der Waals surface area contributed by atoms with Crippen LogP contribution in [-0.2, 0) is 6.54 Å². The Morgan fingerprint density at radius 3 is 2.74 bits per heavy atom. The minimum Gasteiger partial charge on any atom is -0.497 e. The number of H-pyrrole nitrogens is 1. The molecule has 5 nitrogen and oxygen atoms in total. The summed E-state index contributed by atoms with van der Waals surface area (Å²) in [6, 6.07) is 18.6. The molecule has 0 saturated carbocycles. The van der Waals surface area contributed by atoms with Gasteiger partial charge in [-0.1, -0.05) is 6.07 Å². The van der Waals surface area contributed by atoms with E-state index in [9.17, 15) is 0 Å². The van der Waals surface area contributed by atoms with Gasteiger partial charge in [-0.25, -0.2) is 4.98 Å². The highest BCUT2D eigenvalue weighted by atomic mass is 16.5. The zero-order valence-corrected chi connectivity index (χ0v) is 14.9. The maximum absolute atomic E-state index is 5.41. The summed E-state index contributed by atoms with van der Waals surface area (Å²) in [6.45, 7) is 0.738. The van der Waals surface area contributed by atoms with Gasteiger partial charge in [0.25, 0.3) is 0 Å². The van der Waals surface area contributed by atoms with Gasteiger partial charge in [-0.05, 0) is 54.1 Å². The van der Waals surface area contributed by atoms with E-state index >= 15 is 0 Å². The number of aromatic nitrogens is 4. The minimum absolute atomic E-state index is 0.738. The second kappa shape index (κ2) is 6.29. The number of pyridine rings is 2. The maximum Gasteiger partial charge on any atom is 0.137 e. The van der Waals surface area contributed by atoms with Crippen molar-refractivity contribution in [2.24, 2.45) is 0 Å². The lowest BCUT2D eigenvalue weighted by Gasteiger charge is -2.10. The smallest absolute Gasteiger partial charge is 0.137 e. The van der Waals surface area contributed by atoms with Crippen LogP contribution in [0.25, 0.3) is 33.3 Å². The molecule has 0 aliphatic rings. The van der Waals surface area contributed by atoms with Gasteiger partial charge in [-0.15, -0.1) is 0 Å². The van der Waals surface area contributed by atoms with E-state index in [0.717, 1.165) is 51.2 Å². The fraction of sp³-hybridized carbons (Fsp3) is 0.0909. The number of aromatic amines is 1. The van der Waals surface area contributed by atoms with Crippen molar-refractivity contribution >= 4 is 21.9 Å². The average Bonchev–Trinajstić information content (AvgIpc) is 3.29. The summed E-state index contributed by atoms with van der Waals surface area (Å²) in [5.74, 6) is 0.853. The van der Waals surface area contributed by atoms with Crippen molar-refractivity contribution in [3.63, 3.8) is 0 Å². The number of hydrogen-bond acceptors (Lipinski definition) is 3. The van der Waals surface area contributed by atoms with Crippen LogP contribution in [0.3, 0.4) is 0 Å². The summed E-state index contributed by atoms with van der Waals surface area (Å²) < 4.78 is 7.71. The number of fused-ring (bicyclic) bond motifs is 2. The van der Waals surface area contributed by atoms with E-state index in [1.807, 2.05) is 24.4 Å². The van der Waals surface area contributed by atoms with Gasteiger partial charge in [-0.3, -0.25) is 4.98 Å². The van der Waals surface area contributed by atoms with Crippen LogP contribution in [0, 0.1) is 0 Å². The third-order valence-electron chi connectivity index (χ3n) is 4.84. The van der Waals surface area contributed by atoms with E-state index in [-0.39, 0.29) is 0 Å². The number of rotatable bonds is 4. The zero-order chi connectivity index (χ0) is 18.2. The lowest BCUT2D eigenvalue weighted by Crippen LogP contribution is -2.02. The van der Waals surface area contributed by atoms with Crippen molar-refractivity contribution in [2.45, 2.75) is 6.54 Å². The Kier molecular flexibility index (Phi) is 3.64. The Morgan fingerprint density at radius 2 is 1.93 bits per heavy atom. The van der Waals surface area contributed by atoms with E-state index < -0.39 is 0 Å². The van der Waals surface area contributed by atoms with Crippen molar-refractivity contribution in [3.8, 4) is 17.1 Å². The van der Waals surface area contributed by atoms with E-state index in [1.165, 1.54) is 0 Å². The second-order valence-corrected chi connectivity index (χ2v) is 6.53. The number of nitrogens with zero attached hydrogens (tertiary/aromatic N) is 3. The molecule has 0 fully saturated rings. The van der Waals surface area contributed by atoms with Gasteiger partial charge in [0.05, 0.1) is 18.5 Å². The molecule has 1 N–H and O–H groups in total. The molecule has 0 saturated heterocycles. The highest BCUT2D eigenvalue weighted by molar-refractivity contribution is 5.90. The van der Waals surface area contributed by atoms with Gasteiger partial charge in [0, 0.05) is 41.4 Å². The number of methoxy groups -OCH3 is 1. The van der Waals surface area contributed by atoms with Crippen molar-refractivity contribution in [1.29, 1.82) is 0 Å². The molecule has 0 bridgehead atoms. The Labute approximate surface area is 156 Å². The molecule has 0 atom stereocenters. The molecule has 0 unspecified atom stereocenters. The van der Waals surface area contributed by atoms with Crippen molar-refractivity contribution in [1.82, 2.24) is 19.5 Å². The molecule has 4 heterocycles.